The lowest BCUT2D eigenvalue weighted by atomic mass is 10.1. The highest BCUT2D eigenvalue weighted by Gasteiger charge is 2.19. The van der Waals surface area contributed by atoms with Gasteiger partial charge in [-0.1, -0.05) is 53.7 Å². The fraction of sp³-hybridized carbons (Fsp3) is 0.292. The number of hydrogen-bond donors (Lipinski definition) is 0. The van der Waals surface area contributed by atoms with Crippen LogP contribution in [-0.2, 0) is 17.9 Å². The number of hydrogen-bond acceptors (Lipinski definition) is 5. The quantitative estimate of drug-likeness (QED) is 0.365. The van der Waals surface area contributed by atoms with Crippen LogP contribution in [0.15, 0.2) is 60.3 Å². The molecule has 1 heterocycles. The van der Waals surface area contributed by atoms with Gasteiger partial charge in [0.15, 0.2) is 11.0 Å². The molecule has 7 heteroatoms. The molecule has 0 saturated heterocycles. The molecule has 0 bridgehead atoms. The second kappa shape index (κ2) is 10.3. The van der Waals surface area contributed by atoms with Crippen LogP contribution in [0.5, 0.6) is 5.75 Å². The summed E-state index contributed by atoms with van der Waals surface area (Å²) in [5.41, 5.74) is 4.42. The molecule has 0 spiro atoms. The summed E-state index contributed by atoms with van der Waals surface area (Å²) in [6.07, 6.45) is 1.79. The van der Waals surface area contributed by atoms with Crippen molar-refractivity contribution in [1.82, 2.24) is 19.7 Å². The van der Waals surface area contributed by atoms with Crippen LogP contribution < -0.4 is 4.74 Å². The van der Waals surface area contributed by atoms with E-state index in [0.29, 0.717) is 24.1 Å². The topological polar surface area (TPSA) is 60.2 Å². The van der Waals surface area contributed by atoms with Crippen LogP contribution in [0.2, 0.25) is 0 Å². The third-order valence-corrected chi connectivity index (χ3v) is 5.98. The number of methoxy groups -OCH3 is 1. The molecule has 0 radical (unpaired) electrons. The van der Waals surface area contributed by atoms with E-state index in [-0.39, 0.29) is 11.7 Å². The van der Waals surface area contributed by atoms with Gasteiger partial charge in [-0.25, -0.2) is 0 Å². The van der Waals surface area contributed by atoms with Crippen LogP contribution in [0.1, 0.15) is 16.7 Å². The molecule has 0 aliphatic carbocycles. The number of benzene rings is 2. The molecule has 0 N–H and O–H groups in total. The average molecular weight is 437 g/mol. The maximum absolute atomic E-state index is 12.8. The van der Waals surface area contributed by atoms with Crippen LogP contribution in [0.25, 0.3) is 11.4 Å². The smallest absolute Gasteiger partial charge is 0.233 e. The Morgan fingerprint density at radius 3 is 2.71 bits per heavy atom. The summed E-state index contributed by atoms with van der Waals surface area (Å²) in [5, 5.41) is 9.37. The van der Waals surface area contributed by atoms with Crippen molar-refractivity contribution in [2.45, 2.75) is 32.1 Å². The van der Waals surface area contributed by atoms with Crippen molar-refractivity contribution in [3.63, 3.8) is 0 Å². The Kier molecular flexibility index (Phi) is 7.52. The molecule has 0 atom stereocenters. The summed E-state index contributed by atoms with van der Waals surface area (Å²) in [4.78, 5) is 14.5. The number of rotatable bonds is 9. The monoisotopic (exact) mass is 436 g/mol. The number of para-hydroxylation sites is 1. The molecule has 0 saturated carbocycles. The number of aryl methyl sites for hydroxylation is 2. The zero-order valence-electron chi connectivity index (χ0n) is 18.5. The number of carbonyl (C=O) groups is 1. The summed E-state index contributed by atoms with van der Waals surface area (Å²) in [7, 11) is 3.46. The van der Waals surface area contributed by atoms with Crippen molar-refractivity contribution in [3.8, 4) is 17.1 Å². The number of aromatic nitrogens is 3. The molecule has 0 unspecified atom stereocenters. The first-order valence-electron chi connectivity index (χ1n) is 10.0. The first-order chi connectivity index (χ1) is 14.9. The van der Waals surface area contributed by atoms with E-state index >= 15 is 0 Å². The maximum Gasteiger partial charge on any atom is 0.233 e. The van der Waals surface area contributed by atoms with Gasteiger partial charge in [0, 0.05) is 20.1 Å². The lowest BCUT2D eigenvalue weighted by Gasteiger charge is -2.18. The molecule has 0 aliphatic heterocycles. The molecule has 3 aromatic rings. The highest BCUT2D eigenvalue weighted by Crippen LogP contribution is 2.31. The Labute approximate surface area is 187 Å². The lowest BCUT2D eigenvalue weighted by Crippen LogP contribution is -2.28. The van der Waals surface area contributed by atoms with Gasteiger partial charge in [-0.15, -0.1) is 16.8 Å². The average Bonchev–Trinajstić information content (AvgIpc) is 3.16. The number of allylic oxidation sites excluding steroid dienone is 1. The van der Waals surface area contributed by atoms with Crippen LogP contribution >= 0.6 is 11.8 Å². The Morgan fingerprint density at radius 2 is 2.00 bits per heavy atom. The van der Waals surface area contributed by atoms with Gasteiger partial charge in [0.05, 0.1) is 18.4 Å². The second-order valence-electron chi connectivity index (χ2n) is 7.37. The summed E-state index contributed by atoms with van der Waals surface area (Å²) in [6, 6.07) is 14.0. The molecule has 3 rings (SSSR count). The summed E-state index contributed by atoms with van der Waals surface area (Å²) in [5.74, 6) is 1.73. The van der Waals surface area contributed by atoms with E-state index in [1.807, 2.05) is 35.9 Å². The van der Waals surface area contributed by atoms with Gasteiger partial charge in [0.25, 0.3) is 0 Å². The minimum absolute atomic E-state index is 0.0389. The fourth-order valence-electron chi connectivity index (χ4n) is 3.32. The van der Waals surface area contributed by atoms with Crippen molar-refractivity contribution >= 4 is 17.7 Å². The number of nitrogens with zero attached hydrogens (tertiary/aromatic N) is 4. The van der Waals surface area contributed by atoms with E-state index in [1.165, 1.54) is 22.9 Å². The number of thioether (sulfide) groups is 1. The molecule has 162 valence electrons. The first kappa shape index (κ1) is 22.6. The Bertz CT molecular complexity index is 1080. The summed E-state index contributed by atoms with van der Waals surface area (Å²) >= 11 is 1.38. The molecule has 6 nitrogen and oxygen atoms in total. The molecule has 1 aromatic heterocycles. The van der Waals surface area contributed by atoms with E-state index in [9.17, 15) is 4.79 Å². The second-order valence-corrected chi connectivity index (χ2v) is 8.32. The number of ether oxygens (including phenoxy) is 1. The van der Waals surface area contributed by atoms with Crippen molar-refractivity contribution in [3.05, 3.63) is 71.8 Å². The maximum atomic E-state index is 12.8. The van der Waals surface area contributed by atoms with Gasteiger partial charge >= 0.3 is 0 Å². The van der Waals surface area contributed by atoms with Crippen molar-refractivity contribution in [1.29, 1.82) is 0 Å². The van der Waals surface area contributed by atoms with Crippen molar-refractivity contribution in [2.75, 3.05) is 19.9 Å². The molecule has 31 heavy (non-hydrogen) atoms. The summed E-state index contributed by atoms with van der Waals surface area (Å²) < 4.78 is 7.42. The highest BCUT2D eigenvalue weighted by atomic mass is 32.2. The van der Waals surface area contributed by atoms with E-state index in [1.54, 1.807) is 18.1 Å². The van der Waals surface area contributed by atoms with E-state index < -0.39 is 0 Å². The van der Waals surface area contributed by atoms with Gasteiger partial charge in [-0.05, 0) is 37.1 Å². The SMILES string of the molecule is C=CCn1c(SCC(=O)N(C)Cc2ccc(C)cc2C)nnc1-c1ccccc1OC. The Balaban J connectivity index is 1.73. The van der Waals surface area contributed by atoms with Crippen molar-refractivity contribution < 1.29 is 9.53 Å². The minimum Gasteiger partial charge on any atom is -0.496 e. The highest BCUT2D eigenvalue weighted by molar-refractivity contribution is 7.99. The standard InChI is InChI=1S/C24H28N4O2S/c1-6-13-28-23(20-9-7-8-10-21(20)30-5)25-26-24(28)31-16-22(29)27(4)15-19-12-11-17(2)14-18(19)3/h6-12,14H,1,13,15-16H2,2-5H3. The van der Waals surface area contributed by atoms with Gasteiger partial charge in [-0.3, -0.25) is 9.36 Å². The molecule has 0 aliphatic rings. The zero-order valence-corrected chi connectivity index (χ0v) is 19.3. The Hall–Kier alpha value is -3.06. The largest absolute Gasteiger partial charge is 0.496 e. The lowest BCUT2D eigenvalue weighted by molar-refractivity contribution is -0.127. The van der Waals surface area contributed by atoms with Gasteiger partial charge < -0.3 is 9.64 Å². The predicted octanol–water partition coefficient (Wildman–Crippen LogP) is 4.51. The fourth-order valence-corrected chi connectivity index (χ4v) is 4.21. The van der Waals surface area contributed by atoms with Gasteiger partial charge in [0.2, 0.25) is 5.91 Å². The van der Waals surface area contributed by atoms with E-state index in [0.717, 1.165) is 16.9 Å². The van der Waals surface area contributed by atoms with Gasteiger partial charge in [0.1, 0.15) is 5.75 Å². The molecule has 0 fully saturated rings. The van der Waals surface area contributed by atoms with E-state index in [2.05, 4.69) is 48.8 Å². The normalized spacial score (nSPS) is 10.7. The summed E-state index contributed by atoms with van der Waals surface area (Å²) in [6.45, 7) is 9.11. The third kappa shape index (κ3) is 5.35. The molecular formula is C24H28N4O2S. The van der Waals surface area contributed by atoms with Crippen LogP contribution in [-0.4, -0.2) is 45.5 Å². The van der Waals surface area contributed by atoms with Gasteiger partial charge in [-0.2, -0.15) is 0 Å². The van der Waals surface area contributed by atoms with E-state index in [4.69, 9.17) is 4.74 Å². The number of amides is 1. The third-order valence-electron chi connectivity index (χ3n) is 5.03. The van der Waals surface area contributed by atoms with Crippen molar-refractivity contribution in [2.24, 2.45) is 0 Å². The molecule has 2 aromatic carbocycles. The first-order valence-corrected chi connectivity index (χ1v) is 11.0. The van der Waals surface area contributed by atoms with Crippen LogP contribution in [0.4, 0.5) is 0 Å². The predicted molar refractivity (Wildman–Crippen MR) is 125 cm³/mol. The van der Waals surface area contributed by atoms with Crippen LogP contribution in [0, 0.1) is 13.8 Å². The molecular weight excluding hydrogens is 408 g/mol. The van der Waals surface area contributed by atoms with Crippen LogP contribution in [0.3, 0.4) is 0 Å². The molecule has 1 amide bonds. The Morgan fingerprint density at radius 1 is 1.23 bits per heavy atom. The zero-order chi connectivity index (χ0) is 22.4. The minimum atomic E-state index is 0.0389. The number of carbonyl (C=O) groups excluding carboxylic acids is 1.